The molecule has 31 heavy (non-hydrogen) atoms. The van der Waals surface area contributed by atoms with E-state index in [0.717, 1.165) is 22.0 Å². The minimum absolute atomic E-state index is 0.0565. The summed E-state index contributed by atoms with van der Waals surface area (Å²) in [5, 5.41) is 2.15. The smallest absolute Gasteiger partial charge is 0.264 e. The molecule has 162 valence electrons. The minimum atomic E-state index is -3.97. The maximum Gasteiger partial charge on any atom is 0.264 e. The largest absolute Gasteiger partial charge is 0.330 e. The van der Waals surface area contributed by atoms with Crippen LogP contribution >= 0.6 is 22.9 Å². The Morgan fingerprint density at radius 2 is 1.87 bits per heavy atom. The van der Waals surface area contributed by atoms with Crippen LogP contribution in [0.15, 0.2) is 64.9 Å². The summed E-state index contributed by atoms with van der Waals surface area (Å²) >= 11 is 7.88. The Labute approximate surface area is 189 Å². The number of anilines is 1. The number of hydrogen-bond donors (Lipinski definition) is 0. The topological polar surface area (TPSA) is 57.7 Å². The van der Waals surface area contributed by atoms with Crippen molar-refractivity contribution in [3.63, 3.8) is 0 Å². The molecule has 0 atom stereocenters. The van der Waals surface area contributed by atoms with Crippen LogP contribution in [0.1, 0.15) is 28.1 Å². The van der Waals surface area contributed by atoms with Gasteiger partial charge in [-0.25, -0.2) is 12.8 Å². The predicted octanol–water partition coefficient (Wildman–Crippen LogP) is 5.17. The number of rotatable bonds is 7. The molecule has 0 radical (unpaired) electrons. The highest BCUT2D eigenvalue weighted by Crippen LogP contribution is 2.33. The first-order chi connectivity index (χ1) is 14.8. The van der Waals surface area contributed by atoms with E-state index in [1.807, 2.05) is 17.5 Å². The fraction of sp³-hybridized carbons (Fsp3) is 0.227. The number of halogens is 2. The van der Waals surface area contributed by atoms with Gasteiger partial charge in [-0.05, 0) is 66.8 Å². The first-order valence-corrected chi connectivity index (χ1v) is 12.3. The van der Waals surface area contributed by atoms with Crippen LogP contribution in [0.5, 0.6) is 0 Å². The van der Waals surface area contributed by atoms with Crippen molar-refractivity contribution < 1.29 is 17.6 Å². The molecule has 1 aliphatic carbocycles. The Hall–Kier alpha value is -2.42. The number of hydrogen-bond acceptors (Lipinski definition) is 4. The van der Waals surface area contributed by atoms with Crippen LogP contribution in [0, 0.1) is 5.82 Å². The molecular formula is C22H20ClFN2O3S2. The molecule has 1 aromatic heterocycles. The van der Waals surface area contributed by atoms with Crippen molar-refractivity contribution in [2.75, 3.05) is 11.4 Å². The molecule has 0 spiro atoms. The molecule has 1 aliphatic rings. The highest BCUT2D eigenvalue weighted by Gasteiger charge is 2.34. The molecule has 0 aliphatic heterocycles. The van der Waals surface area contributed by atoms with E-state index in [-0.39, 0.29) is 27.4 Å². The molecule has 0 saturated heterocycles. The summed E-state index contributed by atoms with van der Waals surface area (Å²) in [7, 11) is -2.59. The number of carbonyl (C=O) groups excluding carboxylic acids is 1. The lowest BCUT2D eigenvalue weighted by molar-refractivity contribution is 0.0731. The normalized spacial score (nSPS) is 13.8. The third kappa shape index (κ3) is 4.61. The summed E-state index contributed by atoms with van der Waals surface area (Å²) in [6.07, 6.45) is 1.83. The molecule has 0 bridgehead atoms. The molecule has 9 heteroatoms. The van der Waals surface area contributed by atoms with Gasteiger partial charge in [-0.1, -0.05) is 17.7 Å². The fourth-order valence-corrected chi connectivity index (χ4v) is 5.38. The van der Waals surface area contributed by atoms with Crippen molar-refractivity contribution in [3.05, 3.63) is 81.3 Å². The zero-order valence-corrected chi connectivity index (χ0v) is 19.1. The van der Waals surface area contributed by atoms with Gasteiger partial charge in [0.05, 0.1) is 27.7 Å². The molecule has 1 heterocycles. The van der Waals surface area contributed by atoms with Crippen molar-refractivity contribution in [1.29, 1.82) is 0 Å². The minimum Gasteiger partial charge on any atom is -0.330 e. The third-order valence-electron chi connectivity index (χ3n) is 5.17. The van der Waals surface area contributed by atoms with Crippen molar-refractivity contribution in [2.24, 2.45) is 0 Å². The number of thiophene rings is 1. The van der Waals surface area contributed by atoms with Crippen LogP contribution in [0.25, 0.3) is 0 Å². The first-order valence-electron chi connectivity index (χ1n) is 9.65. The second-order valence-electron chi connectivity index (χ2n) is 7.33. The molecule has 5 nitrogen and oxygen atoms in total. The van der Waals surface area contributed by atoms with E-state index in [2.05, 4.69) is 0 Å². The van der Waals surface area contributed by atoms with E-state index < -0.39 is 15.8 Å². The van der Waals surface area contributed by atoms with Crippen LogP contribution in [0.3, 0.4) is 0 Å². The van der Waals surface area contributed by atoms with Crippen LogP contribution in [0.2, 0.25) is 5.02 Å². The lowest BCUT2D eigenvalue weighted by atomic mass is 10.2. The lowest BCUT2D eigenvalue weighted by Crippen LogP contribution is -2.33. The average Bonchev–Trinajstić information content (AvgIpc) is 3.47. The second kappa shape index (κ2) is 8.61. The molecule has 1 saturated carbocycles. The van der Waals surface area contributed by atoms with Gasteiger partial charge in [0.15, 0.2) is 0 Å². The monoisotopic (exact) mass is 478 g/mol. The van der Waals surface area contributed by atoms with Gasteiger partial charge in [0, 0.05) is 18.0 Å². The van der Waals surface area contributed by atoms with E-state index in [1.165, 1.54) is 49.5 Å². The number of sulfonamides is 1. The van der Waals surface area contributed by atoms with E-state index in [4.69, 9.17) is 11.6 Å². The zero-order chi connectivity index (χ0) is 22.2. The van der Waals surface area contributed by atoms with Gasteiger partial charge < -0.3 is 4.90 Å². The van der Waals surface area contributed by atoms with Crippen LogP contribution in [-0.2, 0) is 16.6 Å². The molecular weight excluding hydrogens is 459 g/mol. The zero-order valence-electron chi connectivity index (χ0n) is 16.7. The first kappa shape index (κ1) is 21.8. The van der Waals surface area contributed by atoms with E-state index in [9.17, 15) is 17.6 Å². The Balaban J connectivity index is 1.65. The van der Waals surface area contributed by atoms with Crippen LogP contribution in [-0.4, -0.2) is 32.3 Å². The Kier molecular flexibility index (Phi) is 6.05. The lowest BCUT2D eigenvalue weighted by Gasteiger charge is -2.23. The maximum atomic E-state index is 13.3. The summed E-state index contributed by atoms with van der Waals surface area (Å²) in [4.78, 5) is 16.1. The Morgan fingerprint density at radius 3 is 2.48 bits per heavy atom. The van der Waals surface area contributed by atoms with Crippen LogP contribution in [0.4, 0.5) is 10.1 Å². The number of carbonyl (C=O) groups is 1. The SMILES string of the molecule is CN(c1ccc(F)cc1)S(=O)(=O)c1ccc(Cl)c(C(=O)N(Cc2cccs2)C2CC2)c1. The summed E-state index contributed by atoms with van der Waals surface area (Å²) in [5.41, 5.74) is 0.459. The number of benzene rings is 2. The summed E-state index contributed by atoms with van der Waals surface area (Å²) < 4.78 is 40.5. The molecule has 2 aromatic carbocycles. The van der Waals surface area contributed by atoms with Gasteiger partial charge in [0.25, 0.3) is 15.9 Å². The molecule has 0 unspecified atom stereocenters. The van der Waals surface area contributed by atoms with Gasteiger partial charge in [0.1, 0.15) is 5.82 Å². The van der Waals surface area contributed by atoms with E-state index in [1.54, 1.807) is 16.2 Å². The average molecular weight is 479 g/mol. The Bertz CT molecular complexity index is 1190. The van der Waals surface area contributed by atoms with Gasteiger partial charge >= 0.3 is 0 Å². The summed E-state index contributed by atoms with van der Waals surface area (Å²) in [6.45, 7) is 0.462. The van der Waals surface area contributed by atoms with E-state index >= 15 is 0 Å². The van der Waals surface area contributed by atoms with Crippen molar-refractivity contribution in [3.8, 4) is 0 Å². The van der Waals surface area contributed by atoms with Crippen molar-refractivity contribution in [2.45, 2.75) is 30.3 Å². The second-order valence-corrected chi connectivity index (χ2v) is 10.7. The number of amides is 1. The van der Waals surface area contributed by atoms with Crippen molar-refractivity contribution >= 4 is 44.6 Å². The van der Waals surface area contributed by atoms with Gasteiger partial charge in [0.2, 0.25) is 0 Å². The molecule has 1 amide bonds. The van der Waals surface area contributed by atoms with Crippen molar-refractivity contribution in [1.82, 2.24) is 4.90 Å². The summed E-state index contributed by atoms with van der Waals surface area (Å²) in [6, 6.07) is 13.3. The Morgan fingerprint density at radius 1 is 1.16 bits per heavy atom. The van der Waals surface area contributed by atoms with Gasteiger partial charge in [-0.15, -0.1) is 11.3 Å². The maximum absolute atomic E-state index is 13.3. The molecule has 3 aromatic rings. The molecule has 1 fully saturated rings. The fourth-order valence-electron chi connectivity index (χ4n) is 3.25. The highest BCUT2D eigenvalue weighted by molar-refractivity contribution is 7.92. The van der Waals surface area contributed by atoms with Crippen LogP contribution < -0.4 is 4.31 Å². The van der Waals surface area contributed by atoms with Gasteiger partial charge in [-0.3, -0.25) is 9.10 Å². The molecule has 0 N–H and O–H groups in total. The van der Waals surface area contributed by atoms with E-state index in [0.29, 0.717) is 12.2 Å². The molecule has 4 rings (SSSR count). The standard InChI is InChI=1S/C22H20ClFN2O3S2/c1-25(16-6-4-15(24)5-7-16)31(28,29)19-10-11-21(23)20(13-19)22(27)26(17-8-9-17)14-18-3-2-12-30-18/h2-7,10-13,17H,8-9,14H2,1H3. The highest BCUT2D eigenvalue weighted by atomic mass is 35.5. The third-order valence-corrected chi connectivity index (χ3v) is 8.14. The predicted molar refractivity (Wildman–Crippen MR) is 121 cm³/mol. The van der Waals surface area contributed by atoms with Gasteiger partial charge in [-0.2, -0.15) is 0 Å². The quantitative estimate of drug-likeness (QED) is 0.470. The number of nitrogens with zero attached hydrogens (tertiary/aromatic N) is 2. The summed E-state index contributed by atoms with van der Waals surface area (Å²) in [5.74, 6) is -0.748.